The van der Waals surface area contributed by atoms with E-state index in [4.69, 9.17) is 9.90 Å². The fourth-order valence-electron chi connectivity index (χ4n) is 4.16. The number of anilines is 2. The quantitative estimate of drug-likeness (QED) is 0.392. The van der Waals surface area contributed by atoms with Crippen LogP contribution in [0, 0.1) is 6.92 Å². The number of piperazine rings is 1. The highest BCUT2D eigenvalue weighted by atomic mass is 32.2. The first-order chi connectivity index (χ1) is 19.6. The molecule has 0 radical (unpaired) electrons. The van der Waals surface area contributed by atoms with Crippen LogP contribution in [0.15, 0.2) is 47.4 Å². The number of halogens is 3. The first-order valence-electron chi connectivity index (χ1n) is 13.1. The molecule has 0 saturated carbocycles. The number of nitrogens with one attached hydrogen (secondary N) is 2. The molecular weight excluding hydrogens is 579 g/mol. The van der Waals surface area contributed by atoms with Crippen molar-refractivity contribution < 1.29 is 41.1 Å². The molecule has 232 valence electrons. The van der Waals surface area contributed by atoms with Gasteiger partial charge in [-0.05, 0) is 50.6 Å². The number of alkyl halides is 3. The van der Waals surface area contributed by atoms with Gasteiger partial charge in [-0.15, -0.1) is 0 Å². The van der Waals surface area contributed by atoms with Gasteiger partial charge in [-0.1, -0.05) is 18.2 Å². The Bertz CT molecular complexity index is 1360. The van der Waals surface area contributed by atoms with Gasteiger partial charge >= 0.3 is 12.1 Å². The van der Waals surface area contributed by atoms with Gasteiger partial charge in [0.1, 0.15) is 0 Å². The number of hydrogen-bond acceptors (Lipinski definition) is 7. The molecule has 1 heterocycles. The van der Waals surface area contributed by atoms with Crippen LogP contribution in [0.1, 0.15) is 29.8 Å². The molecule has 3 N–H and O–H groups in total. The zero-order valence-electron chi connectivity index (χ0n) is 23.9. The minimum absolute atomic E-state index is 0.0513. The molecule has 0 atom stereocenters. The molecule has 2 amide bonds. The van der Waals surface area contributed by atoms with E-state index in [2.05, 4.69) is 14.9 Å². The molecule has 1 fully saturated rings. The molecule has 15 heteroatoms. The number of carboxylic acids is 1. The Hall–Kier alpha value is -3.85. The number of carboxylic acid groups (broad SMARTS) is 1. The Morgan fingerprint density at radius 2 is 1.62 bits per heavy atom. The second-order valence-electron chi connectivity index (χ2n) is 9.37. The van der Waals surface area contributed by atoms with Gasteiger partial charge in [0.15, 0.2) is 0 Å². The predicted molar refractivity (Wildman–Crippen MR) is 152 cm³/mol. The van der Waals surface area contributed by atoms with Gasteiger partial charge in [-0.3, -0.25) is 14.3 Å². The summed E-state index contributed by atoms with van der Waals surface area (Å²) in [7, 11) is -2.31. The summed E-state index contributed by atoms with van der Waals surface area (Å²) < 4.78 is 61.0. The highest BCUT2D eigenvalue weighted by Crippen LogP contribution is 2.31. The summed E-state index contributed by atoms with van der Waals surface area (Å²) >= 11 is 0. The number of carbonyl (C=O) groups is 3. The number of likely N-dealkylation sites (N-methyl/N-ethyl adjacent to an activating group) is 2. The highest BCUT2D eigenvalue weighted by molar-refractivity contribution is 7.92. The van der Waals surface area contributed by atoms with Crippen molar-refractivity contribution in [3.8, 4) is 0 Å². The number of rotatable bonds is 9. The van der Waals surface area contributed by atoms with E-state index in [1.54, 1.807) is 61.3 Å². The average molecular weight is 616 g/mol. The molecule has 0 spiro atoms. The lowest BCUT2D eigenvalue weighted by molar-refractivity contribution is -0.192. The zero-order valence-corrected chi connectivity index (χ0v) is 24.7. The van der Waals surface area contributed by atoms with Crippen molar-refractivity contribution in [1.82, 2.24) is 15.1 Å². The number of aliphatic carboxylic acids is 1. The molecule has 1 aliphatic rings. The summed E-state index contributed by atoms with van der Waals surface area (Å²) in [6.45, 7) is 9.61. The van der Waals surface area contributed by atoms with Crippen molar-refractivity contribution in [1.29, 1.82) is 0 Å². The first kappa shape index (κ1) is 34.4. The number of aryl methyl sites for hydroxylation is 1. The van der Waals surface area contributed by atoms with Gasteiger partial charge in [0.2, 0.25) is 5.91 Å². The SMILES string of the molecule is CCN(CC)C(=O)CN(C)C(=O)c1ccc(N2CCNCC2)c(NS(=O)(=O)c2ccccc2C)c1.O=C(O)C(F)(F)F. The lowest BCUT2D eigenvalue weighted by Crippen LogP contribution is -2.44. The van der Waals surface area contributed by atoms with Gasteiger partial charge < -0.3 is 25.1 Å². The van der Waals surface area contributed by atoms with Crippen molar-refractivity contribution in [2.24, 2.45) is 0 Å². The topological polar surface area (TPSA) is 139 Å². The van der Waals surface area contributed by atoms with Crippen LogP contribution in [0.3, 0.4) is 0 Å². The van der Waals surface area contributed by atoms with E-state index in [9.17, 15) is 31.2 Å². The summed E-state index contributed by atoms with van der Waals surface area (Å²) in [5.41, 5.74) is 1.98. The van der Waals surface area contributed by atoms with Gasteiger partial charge in [0.05, 0.1) is 22.8 Å². The van der Waals surface area contributed by atoms with Crippen LogP contribution in [0.4, 0.5) is 24.5 Å². The van der Waals surface area contributed by atoms with E-state index in [0.717, 1.165) is 13.1 Å². The van der Waals surface area contributed by atoms with Crippen LogP contribution in [0.25, 0.3) is 0 Å². The van der Waals surface area contributed by atoms with Crippen LogP contribution in [-0.2, 0) is 19.6 Å². The number of nitrogens with zero attached hydrogens (tertiary/aromatic N) is 3. The maximum absolute atomic E-state index is 13.3. The Morgan fingerprint density at radius 1 is 1.05 bits per heavy atom. The fraction of sp³-hybridized carbons (Fsp3) is 0.444. The molecule has 42 heavy (non-hydrogen) atoms. The van der Waals surface area contributed by atoms with Crippen LogP contribution in [-0.4, -0.2) is 100 Å². The number of hydrogen-bond donors (Lipinski definition) is 3. The van der Waals surface area contributed by atoms with Gasteiger partial charge in [0.25, 0.3) is 15.9 Å². The Balaban J connectivity index is 0.000000782. The van der Waals surface area contributed by atoms with Crippen LogP contribution in [0.2, 0.25) is 0 Å². The highest BCUT2D eigenvalue weighted by Gasteiger charge is 2.38. The van der Waals surface area contributed by atoms with E-state index in [1.165, 1.54) is 4.90 Å². The van der Waals surface area contributed by atoms with Gasteiger partial charge in [-0.25, -0.2) is 13.2 Å². The summed E-state index contributed by atoms with van der Waals surface area (Å²) in [6, 6.07) is 11.8. The molecule has 1 aliphatic heterocycles. The fourth-order valence-corrected chi connectivity index (χ4v) is 5.47. The smallest absolute Gasteiger partial charge is 0.475 e. The van der Waals surface area contributed by atoms with E-state index < -0.39 is 22.2 Å². The zero-order chi connectivity index (χ0) is 31.7. The van der Waals surface area contributed by atoms with Crippen molar-refractivity contribution in [2.75, 3.05) is 62.5 Å². The average Bonchev–Trinajstić information content (AvgIpc) is 2.93. The third-order valence-electron chi connectivity index (χ3n) is 6.41. The summed E-state index contributed by atoms with van der Waals surface area (Å²) in [5, 5.41) is 10.4. The summed E-state index contributed by atoms with van der Waals surface area (Å²) in [6.07, 6.45) is -5.08. The van der Waals surface area contributed by atoms with Crippen molar-refractivity contribution in [3.63, 3.8) is 0 Å². The molecule has 3 rings (SSSR count). The molecule has 2 aromatic carbocycles. The summed E-state index contributed by atoms with van der Waals surface area (Å²) in [5.74, 6) is -3.25. The van der Waals surface area contributed by atoms with E-state index in [-0.39, 0.29) is 23.3 Å². The second kappa shape index (κ2) is 14.9. The second-order valence-corrected chi connectivity index (χ2v) is 11.0. The van der Waals surface area contributed by atoms with Gasteiger partial charge in [-0.2, -0.15) is 13.2 Å². The van der Waals surface area contributed by atoms with Gasteiger partial charge in [0, 0.05) is 51.9 Å². The number of carbonyl (C=O) groups excluding carboxylic acids is 2. The lowest BCUT2D eigenvalue weighted by Gasteiger charge is -2.31. The third-order valence-corrected chi connectivity index (χ3v) is 7.93. The van der Waals surface area contributed by atoms with E-state index in [1.807, 2.05) is 13.8 Å². The molecule has 0 unspecified atom stereocenters. The minimum atomic E-state index is -5.08. The van der Waals surface area contributed by atoms with E-state index in [0.29, 0.717) is 48.7 Å². The predicted octanol–water partition coefficient (Wildman–Crippen LogP) is 2.78. The van der Waals surface area contributed by atoms with Crippen molar-refractivity contribution in [3.05, 3.63) is 53.6 Å². The number of amides is 2. The normalized spacial score (nSPS) is 13.5. The number of sulfonamides is 1. The van der Waals surface area contributed by atoms with Crippen molar-refractivity contribution >= 4 is 39.2 Å². The molecule has 0 bridgehead atoms. The Kier molecular flexibility index (Phi) is 12.2. The Labute approximate surface area is 243 Å². The first-order valence-corrected chi connectivity index (χ1v) is 14.6. The maximum atomic E-state index is 13.3. The standard InChI is InChI=1S/C25H35N5O4S.C2HF3O2/c1-5-29(6-2)24(31)18-28(4)25(32)20-11-12-22(30-15-13-26-14-16-30)21(17-20)27-35(33,34)23-10-8-7-9-19(23)3;3-2(4,5)1(6)7/h7-12,17,26-27H,5-6,13-16,18H2,1-4H3;(H,6,7). The van der Waals surface area contributed by atoms with Crippen LogP contribution in [0.5, 0.6) is 0 Å². The van der Waals surface area contributed by atoms with Crippen molar-refractivity contribution in [2.45, 2.75) is 31.8 Å². The molecule has 0 aliphatic carbocycles. The minimum Gasteiger partial charge on any atom is -0.475 e. The summed E-state index contributed by atoms with van der Waals surface area (Å²) in [4.78, 5) is 39.8. The lowest BCUT2D eigenvalue weighted by atomic mass is 10.1. The molecule has 1 saturated heterocycles. The largest absolute Gasteiger partial charge is 0.490 e. The number of benzene rings is 2. The Morgan fingerprint density at radius 3 is 2.14 bits per heavy atom. The van der Waals surface area contributed by atoms with Crippen LogP contribution < -0.4 is 14.9 Å². The van der Waals surface area contributed by atoms with Crippen LogP contribution >= 0.6 is 0 Å². The molecule has 0 aromatic heterocycles. The van der Waals surface area contributed by atoms with E-state index >= 15 is 0 Å². The third kappa shape index (κ3) is 9.34. The molecule has 11 nitrogen and oxygen atoms in total. The maximum Gasteiger partial charge on any atom is 0.490 e. The monoisotopic (exact) mass is 615 g/mol. The molecular formula is C27H36F3N5O6S. The molecule has 2 aromatic rings.